The van der Waals surface area contributed by atoms with Crippen LogP contribution in [0.15, 0.2) is 42.5 Å². The second-order valence-corrected chi connectivity index (χ2v) is 9.53. The zero-order chi connectivity index (χ0) is 24.9. The van der Waals surface area contributed by atoms with E-state index in [1.165, 1.54) is 18.9 Å². The fraction of sp³-hybridized carbons (Fsp3) is 0.407. The van der Waals surface area contributed by atoms with Gasteiger partial charge in [0.25, 0.3) is 5.91 Å². The van der Waals surface area contributed by atoms with E-state index in [-0.39, 0.29) is 17.2 Å². The van der Waals surface area contributed by atoms with Crippen molar-refractivity contribution in [3.63, 3.8) is 0 Å². The van der Waals surface area contributed by atoms with Gasteiger partial charge in [-0.05, 0) is 81.8 Å². The highest BCUT2D eigenvalue weighted by Crippen LogP contribution is 2.25. The average Bonchev–Trinajstić information content (AvgIpc) is 2.92. The number of benzene rings is 2. The first-order valence-electron chi connectivity index (χ1n) is 12.8. The molecule has 2 saturated heterocycles. The summed E-state index contributed by atoms with van der Waals surface area (Å²) in [5.74, 6) is 1.59. The number of aromatic hydroxyl groups is 1. The molecule has 0 bridgehead atoms. The molecule has 0 saturated carbocycles. The van der Waals surface area contributed by atoms with Crippen LogP contribution < -0.4 is 20.4 Å². The summed E-state index contributed by atoms with van der Waals surface area (Å²) in [4.78, 5) is 31.4. The van der Waals surface area contributed by atoms with E-state index < -0.39 is 0 Å². The van der Waals surface area contributed by atoms with E-state index in [1.54, 1.807) is 12.1 Å². The zero-order valence-corrected chi connectivity index (χ0v) is 20.7. The van der Waals surface area contributed by atoms with Crippen molar-refractivity contribution in [1.29, 1.82) is 0 Å². The Labute approximate surface area is 211 Å². The number of carbonyl (C=O) groups is 1. The maximum atomic E-state index is 12.6. The molecule has 2 fully saturated rings. The number of phenolic OH excluding ortho intramolecular Hbond substituents is 1. The van der Waals surface area contributed by atoms with Crippen molar-refractivity contribution in [2.75, 3.05) is 46.6 Å². The zero-order valence-electron chi connectivity index (χ0n) is 20.7. The normalized spacial score (nSPS) is 16.0. The minimum absolute atomic E-state index is 0.0414. The van der Waals surface area contributed by atoms with E-state index in [2.05, 4.69) is 20.4 Å². The van der Waals surface area contributed by atoms with Crippen LogP contribution in [0.4, 0.5) is 29.2 Å². The molecular weight excluding hydrogens is 454 g/mol. The van der Waals surface area contributed by atoms with Crippen molar-refractivity contribution in [2.45, 2.75) is 45.4 Å². The number of phenols is 1. The fourth-order valence-electron chi connectivity index (χ4n) is 4.68. The molecule has 9 nitrogen and oxygen atoms in total. The van der Waals surface area contributed by atoms with Gasteiger partial charge in [-0.3, -0.25) is 4.79 Å². The predicted molar refractivity (Wildman–Crippen MR) is 142 cm³/mol. The first-order valence-corrected chi connectivity index (χ1v) is 12.8. The number of aryl methyl sites for hydroxylation is 1. The molecule has 36 heavy (non-hydrogen) atoms. The smallest absolute Gasteiger partial charge is 0.259 e. The lowest BCUT2D eigenvalue weighted by Gasteiger charge is -2.30. The van der Waals surface area contributed by atoms with Gasteiger partial charge in [0, 0.05) is 37.6 Å². The molecule has 3 heterocycles. The van der Waals surface area contributed by atoms with Gasteiger partial charge < -0.3 is 25.5 Å². The molecule has 0 aliphatic carbocycles. The molecule has 5 rings (SSSR count). The number of piperidine rings is 2. The van der Waals surface area contributed by atoms with Crippen LogP contribution in [-0.2, 0) is 0 Å². The summed E-state index contributed by atoms with van der Waals surface area (Å²) in [6.45, 7) is 5.74. The maximum absolute atomic E-state index is 12.6. The van der Waals surface area contributed by atoms with Gasteiger partial charge in [-0.15, -0.1) is 0 Å². The van der Waals surface area contributed by atoms with Crippen molar-refractivity contribution in [2.24, 2.45) is 0 Å². The highest BCUT2D eigenvalue weighted by atomic mass is 16.3. The lowest BCUT2D eigenvalue weighted by atomic mass is 10.1. The largest absolute Gasteiger partial charge is 0.507 e. The molecule has 1 aromatic heterocycles. The summed E-state index contributed by atoms with van der Waals surface area (Å²) in [5.41, 5.74) is 2.59. The Balaban J connectivity index is 1.32. The average molecular weight is 488 g/mol. The molecule has 2 aliphatic rings. The minimum Gasteiger partial charge on any atom is -0.507 e. The highest BCUT2D eigenvalue weighted by molar-refractivity contribution is 6.06. The van der Waals surface area contributed by atoms with Gasteiger partial charge in [0.15, 0.2) is 0 Å². The molecule has 0 radical (unpaired) electrons. The summed E-state index contributed by atoms with van der Waals surface area (Å²) >= 11 is 0. The number of nitrogens with one attached hydrogen (secondary N) is 2. The van der Waals surface area contributed by atoms with Gasteiger partial charge in [-0.25, -0.2) is 0 Å². The summed E-state index contributed by atoms with van der Waals surface area (Å²) in [7, 11) is 0. The first kappa shape index (κ1) is 23.8. The second kappa shape index (κ2) is 10.8. The van der Waals surface area contributed by atoms with E-state index in [0.29, 0.717) is 11.6 Å². The van der Waals surface area contributed by atoms with Crippen LogP contribution in [0.1, 0.15) is 54.4 Å². The third-order valence-electron chi connectivity index (χ3n) is 6.69. The molecule has 3 aromatic rings. The molecule has 0 atom stereocenters. The Hall–Kier alpha value is -3.88. The molecule has 2 aromatic carbocycles. The summed E-state index contributed by atoms with van der Waals surface area (Å²) in [5, 5.41) is 16.2. The van der Waals surface area contributed by atoms with Gasteiger partial charge >= 0.3 is 0 Å². The van der Waals surface area contributed by atoms with Gasteiger partial charge in [0.1, 0.15) is 5.75 Å². The summed E-state index contributed by atoms with van der Waals surface area (Å²) in [6, 6.07) is 12.3. The van der Waals surface area contributed by atoms with Crippen molar-refractivity contribution >= 4 is 35.1 Å². The number of rotatable bonds is 6. The number of aromatic nitrogens is 3. The second-order valence-electron chi connectivity index (χ2n) is 9.53. The van der Waals surface area contributed by atoms with Crippen LogP contribution in [-0.4, -0.2) is 52.1 Å². The number of nitrogens with zero attached hydrogens (tertiary/aromatic N) is 5. The number of hydrogen-bond acceptors (Lipinski definition) is 8. The van der Waals surface area contributed by atoms with Gasteiger partial charge in [-0.1, -0.05) is 11.6 Å². The van der Waals surface area contributed by atoms with Crippen LogP contribution in [0.3, 0.4) is 0 Å². The van der Waals surface area contributed by atoms with Gasteiger partial charge in [0.2, 0.25) is 17.8 Å². The quantitative estimate of drug-likeness (QED) is 0.453. The van der Waals surface area contributed by atoms with E-state index in [0.717, 1.165) is 75.0 Å². The Bertz CT molecular complexity index is 1170. The standard InChI is InChI=1S/C27H33N7O2/c1-19-8-13-23(35)22(18-19)24(36)28-20-9-11-21(12-10-20)29-25-30-26(33-14-4-2-5-15-33)32-27(31-25)34-16-6-3-7-17-34/h8-13,18,35H,2-7,14-17H2,1H3,(H,28,36)(H,29,30,31,32). The summed E-state index contributed by atoms with van der Waals surface area (Å²) < 4.78 is 0. The maximum Gasteiger partial charge on any atom is 0.259 e. The predicted octanol–water partition coefficient (Wildman–Crippen LogP) is 4.86. The Morgan fingerprint density at radius 2 is 1.33 bits per heavy atom. The van der Waals surface area contributed by atoms with E-state index in [1.807, 2.05) is 31.2 Å². The minimum atomic E-state index is -0.355. The molecule has 9 heteroatoms. The SMILES string of the molecule is Cc1ccc(O)c(C(=O)Nc2ccc(Nc3nc(N4CCCCC4)nc(N4CCCCC4)n3)cc2)c1. The lowest BCUT2D eigenvalue weighted by molar-refractivity contribution is 0.102. The van der Waals surface area contributed by atoms with Crippen molar-refractivity contribution in [3.05, 3.63) is 53.6 Å². The van der Waals surface area contributed by atoms with Crippen LogP contribution in [0.2, 0.25) is 0 Å². The highest BCUT2D eigenvalue weighted by Gasteiger charge is 2.20. The van der Waals surface area contributed by atoms with E-state index in [4.69, 9.17) is 15.0 Å². The molecule has 1 amide bonds. The molecule has 3 N–H and O–H groups in total. The molecular formula is C27H33N7O2. The Morgan fingerprint density at radius 3 is 1.92 bits per heavy atom. The lowest BCUT2D eigenvalue weighted by Crippen LogP contribution is -2.34. The van der Waals surface area contributed by atoms with Crippen molar-refractivity contribution in [3.8, 4) is 5.75 Å². The van der Waals surface area contributed by atoms with Crippen LogP contribution in [0.25, 0.3) is 0 Å². The fourth-order valence-corrected chi connectivity index (χ4v) is 4.68. The number of amides is 1. The molecule has 0 spiro atoms. The van der Waals surface area contributed by atoms with Gasteiger partial charge in [-0.2, -0.15) is 15.0 Å². The Morgan fingerprint density at radius 1 is 0.778 bits per heavy atom. The van der Waals surface area contributed by atoms with Crippen molar-refractivity contribution in [1.82, 2.24) is 15.0 Å². The number of anilines is 5. The molecule has 188 valence electrons. The van der Waals surface area contributed by atoms with Crippen LogP contribution in [0.5, 0.6) is 5.75 Å². The number of hydrogen-bond donors (Lipinski definition) is 3. The van der Waals surface area contributed by atoms with E-state index in [9.17, 15) is 9.90 Å². The molecule has 2 aliphatic heterocycles. The summed E-state index contributed by atoms with van der Waals surface area (Å²) in [6.07, 6.45) is 7.11. The van der Waals surface area contributed by atoms with Crippen LogP contribution in [0, 0.1) is 6.92 Å². The number of carbonyl (C=O) groups excluding carboxylic acids is 1. The van der Waals surface area contributed by atoms with Crippen LogP contribution >= 0.6 is 0 Å². The topological polar surface area (TPSA) is 107 Å². The molecule has 0 unspecified atom stereocenters. The Kier molecular flexibility index (Phi) is 7.16. The monoisotopic (exact) mass is 487 g/mol. The van der Waals surface area contributed by atoms with Crippen molar-refractivity contribution < 1.29 is 9.90 Å². The third kappa shape index (κ3) is 5.67. The third-order valence-corrected chi connectivity index (χ3v) is 6.69. The van der Waals surface area contributed by atoms with E-state index >= 15 is 0 Å². The first-order chi connectivity index (χ1) is 17.5. The van der Waals surface area contributed by atoms with Gasteiger partial charge in [0.05, 0.1) is 5.56 Å².